The van der Waals surface area contributed by atoms with E-state index in [-0.39, 0.29) is 5.91 Å². The van der Waals surface area contributed by atoms with Crippen LogP contribution in [0.15, 0.2) is 42.6 Å². The molecule has 1 aromatic heterocycles. The number of anilines is 3. The summed E-state index contributed by atoms with van der Waals surface area (Å²) in [7, 11) is 2.05. The average molecular weight is 367 g/mol. The van der Waals surface area contributed by atoms with E-state index < -0.39 is 0 Å². The normalized spacial score (nSPS) is 14.1. The predicted molar refractivity (Wildman–Crippen MR) is 113 cm³/mol. The van der Waals surface area contributed by atoms with Crippen LogP contribution in [0.5, 0.6) is 0 Å². The van der Waals surface area contributed by atoms with Gasteiger partial charge in [0.25, 0.3) is 5.91 Å². The second-order valence-corrected chi connectivity index (χ2v) is 7.23. The minimum Gasteiger partial charge on any atom is -0.373 e. The highest BCUT2D eigenvalue weighted by atomic mass is 16.1. The summed E-state index contributed by atoms with van der Waals surface area (Å²) in [5, 5.41) is 2.94. The van der Waals surface area contributed by atoms with E-state index in [1.54, 1.807) is 12.3 Å². The minimum atomic E-state index is -0.177. The van der Waals surface area contributed by atoms with Crippen molar-refractivity contribution in [3.05, 3.63) is 48.3 Å². The van der Waals surface area contributed by atoms with Crippen LogP contribution in [0.25, 0.3) is 0 Å². The van der Waals surface area contributed by atoms with Gasteiger partial charge in [-0.05, 0) is 62.1 Å². The summed E-state index contributed by atoms with van der Waals surface area (Å²) >= 11 is 0. The molecule has 1 aromatic carbocycles. The summed E-state index contributed by atoms with van der Waals surface area (Å²) in [5.41, 5.74) is 3.49. The first-order chi connectivity index (χ1) is 13.2. The van der Waals surface area contributed by atoms with Crippen molar-refractivity contribution in [3.63, 3.8) is 0 Å². The number of benzene rings is 1. The Morgan fingerprint density at radius 3 is 2.48 bits per heavy atom. The lowest BCUT2D eigenvalue weighted by molar-refractivity contribution is 0.102. The molecule has 1 aliphatic rings. The van der Waals surface area contributed by atoms with E-state index >= 15 is 0 Å². The van der Waals surface area contributed by atoms with Gasteiger partial charge in [0, 0.05) is 38.1 Å². The summed E-state index contributed by atoms with van der Waals surface area (Å²) in [6.07, 6.45) is 7.91. The third-order valence-corrected chi connectivity index (χ3v) is 5.11. The number of pyridine rings is 1. The molecule has 0 spiro atoms. The molecule has 0 unspecified atom stereocenters. The highest BCUT2D eigenvalue weighted by molar-refractivity contribution is 6.03. The molecular weight excluding hydrogens is 336 g/mol. The van der Waals surface area contributed by atoms with Gasteiger partial charge in [0.15, 0.2) is 0 Å². The van der Waals surface area contributed by atoms with Gasteiger partial charge < -0.3 is 15.1 Å². The predicted octanol–water partition coefficient (Wildman–Crippen LogP) is 4.56. The third kappa shape index (κ3) is 5.22. The number of aromatic nitrogens is 1. The van der Waals surface area contributed by atoms with Crippen molar-refractivity contribution in [2.45, 2.75) is 39.0 Å². The van der Waals surface area contributed by atoms with E-state index in [1.165, 1.54) is 24.9 Å². The summed E-state index contributed by atoms with van der Waals surface area (Å²) in [6.45, 7) is 5.41. The van der Waals surface area contributed by atoms with Crippen LogP contribution in [0, 0.1) is 0 Å². The van der Waals surface area contributed by atoms with E-state index in [4.69, 9.17) is 0 Å². The minimum absolute atomic E-state index is 0.177. The molecule has 1 aliphatic heterocycles. The lowest BCUT2D eigenvalue weighted by Crippen LogP contribution is -2.29. The first-order valence-corrected chi connectivity index (χ1v) is 10.0. The van der Waals surface area contributed by atoms with Crippen molar-refractivity contribution in [1.82, 2.24) is 4.98 Å². The monoisotopic (exact) mass is 366 g/mol. The number of rotatable bonds is 7. The number of hydrogen-bond donors (Lipinski definition) is 1. The van der Waals surface area contributed by atoms with Crippen molar-refractivity contribution in [2.75, 3.05) is 41.8 Å². The Balaban J connectivity index is 1.58. The molecule has 0 atom stereocenters. The molecular formula is C22H30N4O. The standard InChI is InChI=1S/C22H30N4O/c1-3-4-14-25(2)20-12-13-21(23-17-20)22(27)24-18-8-10-19(11-9-18)26-15-6-5-7-16-26/h8-13,17H,3-7,14-16H2,1-2H3,(H,24,27). The third-order valence-electron chi connectivity index (χ3n) is 5.11. The summed E-state index contributed by atoms with van der Waals surface area (Å²) < 4.78 is 0. The molecule has 0 radical (unpaired) electrons. The first kappa shape index (κ1) is 19.2. The van der Waals surface area contributed by atoms with Gasteiger partial charge >= 0.3 is 0 Å². The van der Waals surface area contributed by atoms with E-state index in [2.05, 4.69) is 46.2 Å². The fourth-order valence-corrected chi connectivity index (χ4v) is 3.37. The number of hydrogen-bond acceptors (Lipinski definition) is 4. The molecule has 1 saturated heterocycles. The van der Waals surface area contributed by atoms with Gasteiger partial charge in [-0.3, -0.25) is 4.79 Å². The highest BCUT2D eigenvalue weighted by Gasteiger charge is 2.12. The molecule has 1 amide bonds. The van der Waals surface area contributed by atoms with E-state index in [1.807, 2.05) is 18.2 Å². The fourth-order valence-electron chi connectivity index (χ4n) is 3.37. The van der Waals surface area contributed by atoms with Gasteiger partial charge in [-0.15, -0.1) is 0 Å². The Morgan fingerprint density at radius 1 is 1.11 bits per heavy atom. The maximum atomic E-state index is 12.5. The molecule has 5 nitrogen and oxygen atoms in total. The second kappa shape index (κ2) is 9.40. The van der Waals surface area contributed by atoms with Crippen LogP contribution in [-0.2, 0) is 0 Å². The Hall–Kier alpha value is -2.56. The van der Waals surface area contributed by atoms with Crippen LogP contribution in [0.3, 0.4) is 0 Å². The van der Waals surface area contributed by atoms with Gasteiger partial charge in [-0.25, -0.2) is 4.98 Å². The number of unbranched alkanes of at least 4 members (excludes halogenated alkanes) is 1. The maximum Gasteiger partial charge on any atom is 0.274 e. The molecule has 144 valence electrons. The highest BCUT2D eigenvalue weighted by Crippen LogP contribution is 2.22. The molecule has 27 heavy (non-hydrogen) atoms. The topological polar surface area (TPSA) is 48.5 Å². The van der Waals surface area contributed by atoms with Crippen LogP contribution in [-0.4, -0.2) is 37.6 Å². The van der Waals surface area contributed by atoms with Crippen LogP contribution < -0.4 is 15.1 Å². The molecule has 0 bridgehead atoms. The van der Waals surface area contributed by atoms with E-state index in [0.29, 0.717) is 5.69 Å². The Labute approximate surface area is 162 Å². The van der Waals surface area contributed by atoms with Gasteiger partial charge in [-0.2, -0.15) is 0 Å². The average Bonchev–Trinajstić information content (AvgIpc) is 2.73. The SMILES string of the molecule is CCCCN(C)c1ccc(C(=O)Nc2ccc(N3CCCCC3)cc2)nc1. The van der Waals surface area contributed by atoms with Gasteiger partial charge in [-0.1, -0.05) is 13.3 Å². The zero-order chi connectivity index (χ0) is 19.1. The first-order valence-electron chi connectivity index (χ1n) is 10.0. The Morgan fingerprint density at radius 2 is 1.85 bits per heavy atom. The summed E-state index contributed by atoms with van der Waals surface area (Å²) in [6, 6.07) is 11.8. The van der Waals surface area contributed by atoms with E-state index in [9.17, 15) is 4.79 Å². The maximum absolute atomic E-state index is 12.5. The number of carbonyl (C=O) groups is 1. The van der Waals surface area contributed by atoms with Crippen LogP contribution in [0.4, 0.5) is 17.1 Å². The molecule has 5 heteroatoms. The Bertz CT molecular complexity index is 721. The number of carbonyl (C=O) groups excluding carboxylic acids is 1. The van der Waals surface area contributed by atoms with Gasteiger partial charge in [0.2, 0.25) is 0 Å². The zero-order valence-electron chi connectivity index (χ0n) is 16.4. The molecule has 2 aromatic rings. The smallest absolute Gasteiger partial charge is 0.274 e. The van der Waals surface area contributed by atoms with Crippen molar-refractivity contribution >= 4 is 23.0 Å². The van der Waals surface area contributed by atoms with E-state index in [0.717, 1.165) is 43.9 Å². The van der Waals surface area contributed by atoms with Crippen molar-refractivity contribution in [2.24, 2.45) is 0 Å². The van der Waals surface area contributed by atoms with Crippen molar-refractivity contribution in [3.8, 4) is 0 Å². The summed E-state index contributed by atoms with van der Waals surface area (Å²) in [5.74, 6) is -0.177. The lowest BCUT2D eigenvalue weighted by Gasteiger charge is -2.28. The van der Waals surface area contributed by atoms with Gasteiger partial charge in [0.05, 0.1) is 11.9 Å². The Kier molecular flexibility index (Phi) is 6.69. The lowest BCUT2D eigenvalue weighted by atomic mass is 10.1. The van der Waals surface area contributed by atoms with Gasteiger partial charge in [0.1, 0.15) is 5.69 Å². The zero-order valence-corrected chi connectivity index (χ0v) is 16.4. The molecule has 1 N–H and O–H groups in total. The molecule has 1 fully saturated rings. The molecule has 2 heterocycles. The quantitative estimate of drug-likeness (QED) is 0.780. The largest absolute Gasteiger partial charge is 0.373 e. The van der Waals surface area contributed by atoms with Crippen LogP contribution >= 0.6 is 0 Å². The number of nitrogens with one attached hydrogen (secondary N) is 1. The summed E-state index contributed by atoms with van der Waals surface area (Å²) in [4.78, 5) is 21.4. The number of nitrogens with zero attached hydrogens (tertiary/aromatic N) is 3. The van der Waals surface area contributed by atoms with Crippen molar-refractivity contribution < 1.29 is 4.79 Å². The molecule has 3 rings (SSSR count). The fraction of sp³-hybridized carbons (Fsp3) is 0.455. The van der Waals surface area contributed by atoms with Crippen molar-refractivity contribution in [1.29, 1.82) is 0 Å². The van der Waals surface area contributed by atoms with Crippen LogP contribution in [0.2, 0.25) is 0 Å². The molecule has 0 aliphatic carbocycles. The molecule has 0 saturated carbocycles. The number of amides is 1. The second-order valence-electron chi connectivity index (χ2n) is 7.23. The number of piperidine rings is 1. The van der Waals surface area contributed by atoms with Crippen LogP contribution in [0.1, 0.15) is 49.5 Å².